The number of hydrogen-bond donors (Lipinski definition) is 2. The molecule has 0 spiro atoms. The van der Waals surface area contributed by atoms with Crippen molar-refractivity contribution in [3.8, 4) is 5.75 Å². The summed E-state index contributed by atoms with van der Waals surface area (Å²) in [6.07, 6.45) is 0. The van der Waals surface area contributed by atoms with Crippen LogP contribution in [-0.2, 0) is 11.4 Å². The van der Waals surface area contributed by atoms with Crippen LogP contribution in [0.15, 0.2) is 65.1 Å². The lowest BCUT2D eigenvalue weighted by atomic mass is 10.0. The van der Waals surface area contributed by atoms with Crippen molar-refractivity contribution >= 4 is 44.4 Å². The van der Waals surface area contributed by atoms with Crippen LogP contribution in [0.2, 0.25) is 0 Å². The molecule has 138 valence electrons. The highest BCUT2D eigenvalue weighted by atomic mass is 79.9. The van der Waals surface area contributed by atoms with Crippen LogP contribution in [0.1, 0.15) is 16.5 Å². The molecule has 0 bridgehead atoms. The summed E-state index contributed by atoms with van der Waals surface area (Å²) in [6, 6.07) is 19.6. The van der Waals surface area contributed by atoms with Gasteiger partial charge in [-0.25, -0.2) is 0 Å². The minimum absolute atomic E-state index is 0.114. The smallest absolute Gasteiger partial charge is 0.321 e. The molecule has 0 saturated carbocycles. The number of aliphatic carboxylic acids is 1. The van der Waals surface area contributed by atoms with E-state index in [-0.39, 0.29) is 5.37 Å². The largest absolute Gasteiger partial charge is 0.489 e. The molecule has 0 aromatic heterocycles. The molecular weight excluding hydrogens is 426 g/mol. The van der Waals surface area contributed by atoms with Crippen molar-refractivity contribution in [3.05, 3.63) is 76.3 Å². The quantitative estimate of drug-likeness (QED) is 0.582. The molecule has 2 atom stereocenters. The maximum absolute atomic E-state index is 11.4. The number of carboxylic acids is 1. The highest BCUT2D eigenvalue weighted by Gasteiger charge is 2.33. The topological polar surface area (TPSA) is 58.6 Å². The predicted octanol–water partition coefficient (Wildman–Crippen LogP) is 4.97. The van der Waals surface area contributed by atoms with Gasteiger partial charge in [0.25, 0.3) is 0 Å². The number of ether oxygens (including phenoxy) is 1. The minimum atomic E-state index is -0.817. The summed E-state index contributed by atoms with van der Waals surface area (Å²) in [5, 5.41) is 14.6. The number of rotatable bonds is 5. The standard InChI is InChI=1S/C21H18BrNO3S/c22-15-8-5-13(6-9-15)11-26-18-10-7-14-3-1-2-4-16(14)19(18)20-23-17(12-27-20)21(24)25/h1-10,17,20,23H,11-12H2,(H,24,25). The number of benzene rings is 3. The van der Waals surface area contributed by atoms with E-state index in [1.807, 2.05) is 48.5 Å². The van der Waals surface area contributed by atoms with Crippen LogP contribution >= 0.6 is 27.7 Å². The zero-order valence-corrected chi connectivity index (χ0v) is 16.8. The third-order valence-electron chi connectivity index (χ3n) is 4.58. The third-order valence-corrected chi connectivity index (χ3v) is 6.34. The molecule has 0 amide bonds. The second-order valence-corrected chi connectivity index (χ2v) is 8.44. The van der Waals surface area contributed by atoms with Crippen LogP contribution in [0, 0.1) is 0 Å². The monoisotopic (exact) mass is 443 g/mol. The van der Waals surface area contributed by atoms with E-state index in [1.54, 1.807) is 11.8 Å². The van der Waals surface area contributed by atoms with Gasteiger partial charge in [0.1, 0.15) is 18.4 Å². The summed E-state index contributed by atoms with van der Waals surface area (Å²) in [5.41, 5.74) is 2.09. The lowest BCUT2D eigenvalue weighted by Crippen LogP contribution is -2.33. The molecule has 4 nitrogen and oxygen atoms in total. The van der Waals surface area contributed by atoms with Crippen LogP contribution in [0.25, 0.3) is 10.8 Å². The van der Waals surface area contributed by atoms with Crippen LogP contribution < -0.4 is 10.1 Å². The Bertz CT molecular complexity index is 977. The van der Waals surface area contributed by atoms with Gasteiger partial charge in [-0.05, 0) is 34.5 Å². The molecule has 1 fully saturated rings. The van der Waals surface area contributed by atoms with Gasteiger partial charge in [0.05, 0.1) is 5.37 Å². The fraction of sp³-hybridized carbons (Fsp3) is 0.190. The average molecular weight is 444 g/mol. The van der Waals surface area contributed by atoms with E-state index in [0.29, 0.717) is 12.4 Å². The van der Waals surface area contributed by atoms with Crippen molar-refractivity contribution in [2.75, 3.05) is 5.75 Å². The van der Waals surface area contributed by atoms with Gasteiger partial charge in [0.2, 0.25) is 0 Å². The van der Waals surface area contributed by atoms with Gasteiger partial charge in [-0.2, -0.15) is 0 Å². The normalized spacial score (nSPS) is 19.3. The summed E-state index contributed by atoms with van der Waals surface area (Å²) < 4.78 is 7.19. The van der Waals surface area contributed by atoms with Crippen LogP contribution in [0.5, 0.6) is 5.75 Å². The maximum atomic E-state index is 11.4. The Morgan fingerprint density at radius 2 is 1.93 bits per heavy atom. The lowest BCUT2D eigenvalue weighted by molar-refractivity contribution is -0.138. The molecule has 1 aliphatic heterocycles. The van der Waals surface area contributed by atoms with Crippen LogP contribution in [0.4, 0.5) is 0 Å². The second kappa shape index (κ2) is 7.92. The highest BCUT2D eigenvalue weighted by molar-refractivity contribution is 9.10. The van der Waals surface area contributed by atoms with Crippen molar-refractivity contribution in [1.29, 1.82) is 0 Å². The first-order chi connectivity index (χ1) is 13.1. The molecule has 1 saturated heterocycles. The molecule has 27 heavy (non-hydrogen) atoms. The molecule has 6 heteroatoms. The summed E-state index contributed by atoms with van der Waals surface area (Å²) in [7, 11) is 0. The SMILES string of the molecule is O=C(O)C1CSC(c2c(OCc3ccc(Br)cc3)ccc3ccccc23)N1. The zero-order chi connectivity index (χ0) is 18.8. The number of halogens is 1. The van der Waals surface area contributed by atoms with E-state index < -0.39 is 12.0 Å². The van der Waals surface area contributed by atoms with Gasteiger partial charge >= 0.3 is 5.97 Å². The molecular formula is C21H18BrNO3S. The highest BCUT2D eigenvalue weighted by Crippen LogP contribution is 2.42. The lowest BCUT2D eigenvalue weighted by Gasteiger charge is -2.19. The average Bonchev–Trinajstić information content (AvgIpc) is 3.17. The molecule has 0 radical (unpaired) electrons. The van der Waals surface area contributed by atoms with E-state index in [2.05, 4.69) is 33.4 Å². The Morgan fingerprint density at radius 1 is 1.15 bits per heavy atom. The molecule has 1 heterocycles. The molecule has 1 aliphatic rings. The Hall–Kier alpha value is -2.02. The first-order valence-electron chi connectivity index (χ1n) is 8.61. The molecule has 2 N–H and O–H groups in total. The van der Waals surface area contributed by atoms with Crippen molar-refractivity contribution < 1.29 is 14.6 Å². The van der Waals surface area contributed by atoms with Gasteiger partial charge < -0.3 is 9.84 Å². The van der Waals surface area contributed by atoms with Crippen LogP contribution in [-0.4, -0.2) is 22.9 Å². The van der Waals surface area contributed by atoms with Gasteiger partial charge in [0, 0.05) is 15.8 Å². The summed E-state index contributed by atoms with van der Waals surface area (Å²) in [4.78, 5) is 11.4. The Balaban J connectivity index is 1.67. The van der Waals surface area contributed by atoms with E-state index in [9.17, 15) is 9.90 Å². The fourth-order valence-electron chi connectivity index (χ4n) is 3.19. The molecule has 0 aliphatic carbocycles. The van der Waals surface area contributed by atoms with Crippen molar-refractivity contribution in [1.82, 2.24) is 5.32 Å². The number of carboxylic acid groups (broad SMARTS) is 1. The maximum Gasteiger partial charge on any atom is 0.321 e. The van der Waals surface area contributed by atoms with Crippen LogP contribution in [0.3, 0.4) is 0 Å². The minimum Gasteiger partial charge on any atom is -0.489 e. The molecule has 3 aromatic rings. The number of thioether (sulfide) groups is 1. The third kappa shape index (κ3) is 3.98. The van der Waals surface area contributed by atoms with Gasteiger partial charge in [-0.1, -0.05) is 58.4 Å². The second-order valence-electron chi connectivity index (χ2n) is 6.38. The number of nitrogens with one attached hydrogen (secondary N) is 1. The molecule has 3 aromatic carbocycles. The fourth-order valence-corrected chi connectivity index (χ4v) is 4.75. The summed E-state index contributed by atoms with van der Waals surface area (Å²) in [5.74, 6) is 0.505. The van der Waals surface area contributed by atoms with Gasteiger partial charge in [-0.3, -0.25) is 10.1 Å². The number of hydrogen-bond acceptors (Lipinski definition) is 4. The summed E-state index contributed by atoms with van der Waals surface area (Å²) >= 11 is 5.05. The van der Waals surface area contributed by atoms with E-state index in [1.165, 1.54) is 0 Å². The number of carbonyl (C=O) groups is 1. The van der Waals surface area contributed by atoms with E-state index in [0.717, 1.165) is 32.1 Å². The predicted molar refractivity (Wildman–Crippen MR) is 112 cm³/mol. The number of fused-ring (bicyclic) bond motifs is 1. The Labute approximate surface area is 170 Å². The molecule has 4 rings (SSSR count). The Kier molecular flexibility index (Phi) is 5.38. The summed E-state index contributed by atoms with van der Waals surface area (Å²) in [6.45, 7) is 0.457. The van der Waals surface area contributed by atoms with Gasteiger partial charge in [0.15, 0.2) is 0 Å². The van der Waals surface area contributed by atoms with Crippen molar-refractivity contribution in [3.63, 3.8) is 0 Å². The first-order valence-corrected chi connectivity index (χ1v) is 10.5. The van der Waals surface area contributed by atoms with E-state index >= 15 is 0 Å². The van der Waals surface area contributed by atoms with Crippen molar-refractivity contribution in [2.45, 2.75) is 18.0 Å². The zero-order valence-electron chi connectivity index (χ0n) is 14.4. The first kappa shape index (κ1) is 18.3. The van der Waals surface area contributed by atoms with Crippen molar-refractivity contribution in [2.24, 2.45) is 0 Å². The van der Waals surface area contributed by atoms with Gasteiger partial charge in [-0.15, -0.1) is 11.8 Å². The Morgan fingerprint density at radius 3 is 2.67 bits per heavy atom. The van der Waals surface area contributed by atoms with E-state index in [4.69, 9.17) is 4.74 Å². The molecule has 2 unspecified atom stereocenters.